The number of hydrogen-bond donors (Lipinski definition) is 2. The molecule has 0 saturated carbocycles. The maximum atomic E-state index is 12.6. The Kier molecular flexibility index (Phi) is 6.58. The molecule has 1 aliphatic rings. The highest BCUT2D eigenvalue weighted by atomic mass is 35.5. The van der Waals surface area contributed by atoms with Crippen LogP contribution in [0, 0.1) is 0 Å². The number of sulfonamides is 1. The summed E-state index contributed by atoms with van der Waals surface area (Å²) in [6, 6.07) is 8.49. The second-order valence-electron chi connectivity index (χ2n) is 6.64. The van der Waals surface area contributed by atoms with E-state index in [9.17, 15) is 18.3 Å². The SMILES string of the molecule is CCN1CCN(c2ccc(NS(=O)(=O)c3ccc(Cl)c(Cl)c3)cc2C(=O)O)CC1. The highest BCUT2D eigenvalue weighted by molar-refractivity contribution is 7.92. The Morgan fingerprint density at radius 2 is 1.76 bits per heavy atom. The molecule has 0 bridgehead atoms. The van der Waals surface area contributed by atoms with Gasteiger partial charge in [0, 0.05) is 31.9 Å². The van der Waals surface area contributed by atoms with Gasteiger partial charge in [-0.05, 0) is 42.9 Å². The fourth-order valence-electron chi connectivity index (χ4n) is 3.21. The number of aromatic carboxylic acids is 1. The highest BCUT2D eigenvalue weighted by Gasteiger charge is 2.22. The van der Waals surface area contributed by atoms with E-state index in [1.807, 2.05) is 4.90 Å². The van der Waals surface area contributed by atoms with Crippen molar-refractivity contribution in [3.63, 3.8) is 0 Å². The molecule has 1 fully saturated rings. The van der Waals surface area contributed by atoms with Gasteiger partial charge in [0.1, 0.15) is 0 Å². The Balaban J connectivity index is 1.86. The third-order valence-electron chi connectivity index (χ3n) is 4.84. The summed E-state index contributed by atoms with van der Waals surface area (Å²) >= 11 is 11.7. The molecule has 10 heteroatoms. The summed E-state index contributed by atoms with van der Waals surface area (Å²) in [5.41, 5.74) is 0.777. The average molecular weight is 458 g/mol. The monoisotopic (exact) mass is 457 g/mol. The normalized spacial score (nSPS) is 15.3. The first-order chi connectivity index (χ1) is 13.7. The van der Waals surface area contributed by atoms with Crippen molar-refractivity contribution < 1.29 is 18.3 Å². The first kappa shape index (κ1) is 21.7. The number of likely N-dealkylation sites (N-methyl/N-ethyl adjacent to an activating group) is 1. The Morgan fingerprint density at radius 1 is 1.07 bits per heavy atom. The fraction of sp³-hybridized carbons (Fsp3) is 0.316. The first-order valence-corrected chi connectivity index (χ1v) is 11.3. The van der Waals surface area contributed by atoms with Crippen LogP contribution in [-0.4, -0.2) is 57.1 Å². The third kappa shape index (κ3) is 4.95. The second-order valence-corrected chi connectivity index (χ2v) is 9.14. The van der Waals surface area contributed by atoms with Gasteiger partial charge in [0.15, 0.2) is 0 Å². The predicted molar refractivity (Wildman–Crippen MR) is 115 cm³/mol. The van der Waals surface area contributed by atoms with Crippen LogP contribution in [0.2, 0.25) is 10.0 Å². The summed E-state index contributed by atoms with van der Waals surface area (Å²) in [7, 11) is -3.95. The van der Waals surface area contributed by atoms with E-state index in [0.29, 0.717) is 18.8 Å². The fourth-order valence-corrected chi connectivity index (χ4v) is 4.65. The van der Waals surface area contributed by atoms with E-state index in [4.69, 9.17) is 23.2 Å². The van der Waals surface area contributed by atoms with Crippen molar-refractivity contribution in [3.8, 4) is 0 Å². The molecule has 1 saturated heterocycles. The minimum Gasteiger partial charge on any atom is -0.478 e. The van der Waals surface area contributed by atoms with Crippen LogP contribution in [0.25, 0.3) is 0 Å². The summed E-state index contributed by atoms with van der Waals surface area (Å²) in [5, 5.41) is 10.0. The molecule has 0 amide bonds. The molecule has 0 unspecified atom stereocenters. The summed E-state index contributed by atoms with van der Waals surface area (Å²) in [5.74, 6) is -1.12. The number of nitrogens with one attached hydrogen (secondary N) is 1. The molecular weight excluding hydrogens is 437 g/mol. The number of halogens is 2. The molecule has 0 radical (unpaired) electrons. The predicted octanol–water partition coefficient (Wildman–Crippen LogP) is 3.63. The number of carboxylic acid groups (broad SMARTS) is 1. The Bertz CT molecular complexity index is 1020. The van der Waals surface area contributed by atoms with E-state index in [2.05, 4.69) is 16.5 Å². The van der Waals surface area contributed by atoms with E-state index in [1.54, 1.807) is 12.1 Å². The van der Waals surface area contributed by atoms with Crippen molar-refractivity contribution in [3.05, 3.63) is 52.0 Å². The van der Waals surface area contributed by atoms with Crippen molar-refractivity contribution in [1.82, 2.24) is 4.90 Å². The van der Waals surface area contributed by atoms with Gasteiger partial charge in [-0.15, -0.1) is 0 Å². The van der Waals surface area contributed by atoms with Gasteiger partial charge in [-0.25, -0.2) is 13.2 Å². The minimum absolute atomic E-state index is 0.0456. The second kappa shape index (κ2) is 8.79. The van der Waals surface area contributed by atoms with Crippen LogP contribution >= 0.6 is 23.2 Å². The van der Waals surface area contributed by atoms with Crippen molar-refractivity contribution in [2.45, 2.75) is 11.8 Å². The molecule has 1 aliphatic heterocycles. The van der Waals surface area contributed by atoms with E-state index < -0.39 is 16.0 Å². The number of benzene rings is 2. The van der Waals surface area contributed by atoms with Crippen LogP contribution in [0.15, 0.2) is 41.3 Å². The Morgan fingerprint density at radius 3 is 2.34 bits per heavy atom. The smallest absolute Gasteiger partial charge is 0.337 e. The maximum absolute atomic E-state index is 12.6. The molecular formula is C19H21Cl2N3O4S. The quantitative estimate of drug-likeness (QED) is 0.687. The lowest BCUT2D eigenvalue weighted by Crippen LogP contribution is -2.46. The van der Waals surface area contributed by atoms with Crippen LogP contribution in [0.3, 0.4) is 0 Å². The van der Waals surface area contributed by atoms with E-state index >= 15 is 0 Å². The summed E-state index contributed by atoms with van der Waals surface area (Å²) in [6.07, 6.45) is 0. The average Bonchev–Trinajstić information content (AvgIpc) is 2.69. The van der Waals surface area contributed by atoms with Crippen LogP contribution in [0.5, 0.6) is 0 Å². The molecule has 0 atom stereocenters. The number of carboxylic acids is 1. The first-order valence-electron chi connectivity index (χ1n) is 9.04. The topological polar surface area (TPSA) is 90.0 Å². The van der Waals surface area contributed by atoms with Crippen molar-refractivity contribution in [2.24, 2.45) is 0 Å². The maximum Gasteiger partial charge on any atom is 0.337 e. The molecule has 2 aromatic rings. The van der Waals surface area contributed by atoms with Crippen LogP contribution in [0.4, 0.5) is 11.4 Å². The number of hydrogen-bond acceptors (Lipinski definition) is 5. The minimum atomic E-state index is -3.95. The molecule has 29 heavy (non-hydrogen) atoms. The number of carbonyl (C=O) groups is 1. The molecule has 7 nitrogen and oxygen atoms in total. The number of rotatable bonds is 6. The van der Waals surface area contributed by atoms with Gasteiger partial charge in [-0.1, -0.05) is 30.1 Å². The van der Waals surface area contributed by atoms with E-state index in [-0.39, 0.29) is 26.2 Å². The van der Waals surface area contributed by atoms with Gasteiger partial charge in [0.2, 0.25) is 0 Å². The Hall–Kier alpha value is -2.00. The molecule has 156 valence electrons. The third-order valence-corrected chi connectivity index (χ3v) is 6.96. The van der Waals surface area contributed by atoms with Crippen LogP contribution in [0.1, 0.15) is 17.3 Å². The molecule has 2 N–H and O–H groups in total. The molecule has 1 heterocycles. The van der Waals surface area contributed by atoms with Gasteiger partial charge in [-0.3, -0.25) is 4.72 Å². The molecule has 3 rings (SSSR count). The van der Waals surface area contributed by atoms with Crippen LogP contribution < -0.4 is 9.62 Å². The zero-order chi connectivity index (χ0) is 21.2. The Labute approximate surface area is 179 Å². The molecule has 0 aromatic heterocycles. The molecule has 2 aromatic carbocycles. The summed E-state index contributed by atoms with van der Waals surface area (Å²) in [6.45, 7) is 6.16. The standard InChI is InChI=1S/C19H21Cl2N3O4S/c1-2-23-7-9-24(10-8-23)18-6-3-13(11-15(18)19(25)26)22-29(27,28)14-4-5-16(20)17(21)12-14/h3-6,11-12,22H,2,7-10H2,1H3,(H,25,26). The summed E-state index contributed by atoms with van der Waals surface area (Å²) < 4.78 is 27.7. The largest absolute Gasteiger partial charge is 0.478 e. The summed E-state index contributed by atoms with van der Waals surface area (Å²) in [4.78, 5) is 16.0. The molecule has 0 aliphatic carbocycles. The highest BCUT2D eigenvalue weighted by Crippen LogP contribution is 2.29. The van der Waals surface area contributed by atoms with Crippen molar-refractivity contribution in [2.75, 3.05) is 42.3 Å². The molecule has 0 spiro atoms. The zero-order valence-electron chi connectivity index (χ0n) is 15.7. The van der Waals surface area contributed by atoms with Gasteiger partial charge in [0.05, 0.1) is 26.2 Å². The number of nitrogens with zero attached hydrogens (tertiary/aromatic N) is 2. The van der Waals surface area contributed by atoms with Gasteiger partial charge >= 0.3 is 5.97 Å². The van der Waals surface area contributed by atoms with E-state index in [1.165, 1.54) is 24.3 Å². The lowest BCUT2D eigenvalue weighted by molar-refractivity contribution is 0.0697. The van der Waals surface area contributed by atoms with Gasteiger partial charge in [-0.2, -0.15) is 0 Å². The lowest BCUT2D eigenvalue weighted by atomic mass is 10.1. The van der Waals surface area contributed by atoms with Gasteiger partial charge in [0.25, 0.3) is 10.0 Å². The van der Waals surface area contributed by atoms with Crippen molar-refractivity contribution in [1.29, 1.82) is 0 Å². The van der Waals surface area contributed by atoms with Gasteiger partial charge < -0.3 is 14.9 Å². The lowest BCUT2D eigenvalue weighted by Gasteiger charge is -2.36. The zero-order valence-corrected chi connectivity index (χ0v) is 18.1. The van der Waals surface area contributed by atoms with E-state index in [0.717, 1.165) is 19.6 Å². The number of piperazine rings is 1. The number of anilines is 2. The van der Waals surface area contributed by atoms with Crippen molar-refractivity contribution >= 4 is 50.6 Å². The van der Waals surface area contributed by atoms with Crippen LogP contribution in [-0.2, 0) is 10.0 Å².